The molecule has 4 rings (SSSR count). The fraction of sp³-hybridized carbons (Fsp3) is 0.300. The van der Waals surface area contributed by atoms with Crippen molar-refractivity contribution in [2.75, 3.05) is 44.8 Å². The van der Waals surface area contributed by atoms with Gasteiger partial charge in [-0.2, -0.15) is 0 Å². The highest BCUT2D eigenvalue weighted by Gasteiger charge is 2.23. The Morgan fingerprint density at radius 1 is 1.18 bits per heavy atom. The number of halogens is 1. The van der Waals surface area contributed by atoms with Crippen molar-refractivity contribution >= 4 is 32.6 Å². The number of amides is 1. The van der Waals surface area contributed by atoms with Crippen LogP contribution in [0, 0.1) is 5.82 Å². The number of carbonyl (C=O) groups excluding carboxylic acids is 1. The molecule has 0 N–H and O–H groups in total. The van der Waals surface area contributed by atoms with Crippen LogP contribution >= 0.6 is 11.3 Å². The van der Waals surface area contributed by atoms with Crippen LogP contribution in [0.3, 0.4) is 0 Å². The van der Waals surface area contributed by atoms with Crippen LogP contribution in [0.15, 0.2) is 42.5 Å². The van der Waals surface area contributed by atoms with Gasteiger partial charge in [0, 0.05) is 26.2 Å². The second-order valence-corrected chi connectivity index (χ2v) is 7.43. The van der Waals surface area contributed by atoms with Crippen LogP contribution in [0.25, 0.3) is 10.2 Å². The maximum Gasteiger partial charge on any atom is 0.260 e. The number of hydrogen-bond donors (Lipinski definition) is 0. The van der Waals surface area contributed by atoms with Crippen molar-refractivity contribution in [3.8, 4) is 11.5 Å². The number of nitrogens with zero attached hydrogens (tertiary/aromatic N) is 3. The summed E-state index contributed by atoms with van der Waals surface area (Å²) in [6, 6.07) is 11.9. The Balaban J connectivity index is 1.34. The standard InChI is InChI=1S/C20H20FN3O3S/c1-26-14-6-7-16-18(12-14)28-20(22-16)24-10-8-23(9-11-24)19(25)13-27-17-5-3-2-4-15(17)21/h2-7,12H,8-11,13H2,1H3. The number of para-hydroxylation sites is 1. The van der Waals surface area contributed by atoms with Crippen molar-refractivity contribution in [1.29, 1.82) is 0 Å². The first-order valence-electron chi connectivity index (χ1n) is 8.98. The van der Waals surface area contributed by atoms with E-state index in [2.05, 4.69) is 9.88 Å². The van der Waals surface area contributed by atoms with E-state index >= 15 is 0 Å². The summed E-state index contributed by atoms with van der Waals surface area (Å²) < 4.78 is 25.3. The van der Waals surface area contributed by atoms with Gasteiger partial charge in [-0.05, 0) is 30.3 Å². The van der Waals surface area contributed by atoms with E-state index in [1.165, 1.54) is 12.1 Å². The van der Waals surface area contributed by atoms with Gasteiger partial charge < -0.3 is 19.3 Å². The van der Waals surface area contributed by atoms with Crippen LogP contribution in [0.4, 0.5) is 9.52 Å². The van der Waals surface area contributed by atoms with Gasteiger partial charge in [0.15, 0.2) is 23.3 Å². The van der Waals surface area contributed by atoms with Gasteiger partial charge >= 0.3 is 0 Å². The van der Waals surface area contributed by atoms with Crippen LogP contribution in [0.2, 0.25) is 0 Å². The summed E-state index contributed by atoms with van der Waals surface area (Å²) in [6.45, 7) is 2.39. The van der Waals surface area contributed by atoms with Gasteiger partial charge in [0.05, 0.1) is 17.3 Å². The topological polar surface area (TPSA) is 54.9 Å². The van der Waals surface area contributed by atoms with E-state index < -0.39 is 5.82 Å². The molecule has 1 aliphatic rings. The molecule has 0 bridgehead atoms. The Morgan fingerprint density at radius 2 is 1.96 bits per heavy atom. The Labute approximate surface area is 166 Å². The lowest BCUT2D eigenvalue weighted by atomic mass is 10.3. The molecule has 2 heterocycles. The third-order valence-electron chi connectivity index (χ3n) is 4.68. The number of carbonyl (C=O) groups is 1. The first kappa shape index (κ1) is 18.5. The van der Waals surface area contributed by atoms with Gasteiger partial charge in [-0.1, -0.05) is 23.5 Å². The second-order valence-electron chi connectivity index (χ2n) is 6.42. The van der Waals surface area contributed by atoms with Crippen molar-refractivity contribution < 1.29 is 18.7 Å². The molecule has 0 saturated carbocycles. The van der Waals surface area contributed by atoms with Gasteiger partial charge in [0.2, 0.25) is 0 Å². The van der Waals surface area contributed by atoms with E-state index in [9.17, 15) is 9.18 Å². The van der Waals surface area contributed by atoms with E-state index in [0.717, 1.165) is 21.1 Å². The first-order chi connectivity index (χ1) is 13.6. The summed E-state index contributed by atoms with van der Waals surface area (Å²) in [5.74, 6) is 0.303. The SMILES string of the molecule is COc1ccc2nc(N3CCN(C(=O)COc4ccccc4F)CC3)sc2c1. The van der Waals surface area contributed by atoms with Crippen LogP contribution in [-0.4, -0.2) is 55.7 Å². The number of hydrogen-bond acceptors (Lipinski definition) is 6. The number of fused-ring (bicyclic) bond motifs is 1. The van der Waals surface area contributed by atoms with Crippen molar-refractivity contribution in [3.63, 3.8) is 0 Å². The molecule has 1 amide bonds. The zero-order valence-electron chi connectivity index (χ0n) is 15.4. The Kier molecular flexibility index (Phi) is 5.29. The molecule has 28 heavy (non-hydrogen) atoms. The number of aromatic nitrogens is 1. The normalized spacial score (nSPS) is 14.4. The molecule has 8 heteroatoms. The molecule has 0 unspecified atom stereocenters. The van der Waals surface area contributed by atoms with Crippen molar-refractivity contribution in [2.24, 2.45) is 0 Å². The van der Waals surface area contributed by atoms with Crippen LogP contribution in [0.5, 0.6) is 11.5 Å². The monoisotopic (exact) mass is 401 g/mol. The van der Waals surface area contributed by atoms with E-state index in [-0.39, 0.29) is 18.3 Å². The highest BCUT2D eigenvalue weighted by atomic mass is 32.1. The molecule has 0 aliphatic carbocycles. The lowest BCUT2D eigenvalue weighted by molar-refractivity contribution is -0.133. The predicted octanol–water partition coefficient (Wildman–Crippen LogP) is 3.17. The Hall–Kier alpha value is -2.87. The summed E-state index contributed by atoms with van der Waals surface area (Å²) >= 11 is 1.62. The fourth-order valence-electron chi connectivity index (χ4n) is 3.09. The van der Waals surface area contributed by atoms with Crippen LogP contribution in [0.1, 0.15) is 0 Å². The highest BCUT2D eigenvalue weighted by molar-refractivity contribution is 7.22. The van der Waals surface area contributed by atoms with Gasteiger partial charge in [-0.3, -0.25) is 4.79 Å². The number of anilines is 1. The average molecular weight is 401 g/mol. The third-order valence-corrected chi connectivity index (χ3v) is 5.75. The average Bonchev–Trinajstić information content (AvgIpc) is 3.16. The smallest absolute Gasteiger partial charge is 0.260 e. The lowest BCUT2D eigenvalue weighted by Gasteiger charge is -2.34. The summed E-state index contributed by atoms with van der Waals surface area (Å²) in [5, 5.41) is 0.943. The van der Waals surface area contributed by atoms with E-state index in [1.807, 2.05) is 18.2 Å². The zero-order chi connectivity index (χ0) is 19.5. The number of rotatable bonds is 5. The molecule has 2 aromatic carbocycles. The van der Waals surface area contributed by atoms with E-state index in [4.69, 9.17) is 9.47 Å². The molecule has 0 radical (unpaired) electrons. The molecule has 1 aliphatic heterocycles. The second kappa shape index (κ2) is 8.02. The van der Waals surface area contributed by atoms with E-state index in [0.29, 0.717) is 26.2 Å². The minimum absolute atomic E-state index is 0.0967. The van der Waals surface area contributed by atoms with Crippen molar-refractivity contribution in [3.05, 3.63) is 48.3 Å². The quantitative estimate of drug-likeness (QED) is 0.657. The number of methoxy groups -OCH3 is 1. The van der Waals surface area contributed by atoms with Crippen LogP contribution < -0.4 is 14.4 Å². The highest BCUT2D eigenvalue weighted by Crippen LogP contribution is 2.31. The number of piperazine rings is 1. The molecular formula is C20H20FN3O3S. The molecule has 1 aromatic heterocycles. The molecule has 0 spiro atoms. The van der Waals surface area contributed by atoms with E-state index in [1.54, 1.807) is 35.5 Å². The van der Waals surface area contributed by atoms with Gasteiger partial charge in [0.1, 0.15) is 5.75 Å². The Bertz CT molecular complexity index is 986. The molecular weight excluding hydrogens is 381 g/mol. The van der Waals surface area contributed by atoms with Crippen molar-refractivity contribution in [1.82, 2.24) is 9.88 Å². The zero-order valence-corrected chi connectivity index (χ0v) is 16.2. The summed E-state index contributed by atoms with van der Waals surface area (Å²) in [5.41, 5.74) is 0.942. The Morgan fingerprint density at radius 3 is 2.71 bits per heavy atom. The molecule has 146 valence electrons. The summed E-state index contributed by atoms with van der Waals surface area (Å²) in [6.07, 6.45) is 0. The maximum atomic E-state index is 13.6. The van der Waals surface area contributed by atoms with Gasteiger partial charge in [-0.25, -0.2) is 9.37 Å². The predicted molar refractivity (Wildman–Crippen MR) is 107 cm³/mol. The maximum absolute atomic E-state index is 13.6. The molecule has 3 aromatic rings. The number of ether oxygens (including phenoxy) is 2. The summed E-state index contributed by atoms with van der Waals surface area (Å²) in [4.78, 5) is 21.0. The number of benzene rings is 2. The molecule has 1 saturated heterocycles. The summed E-state index contributed by atoms with van der Waals surface area (Å²) in [7, 11) is 1.65. The van der Waals surface area contributed by atoms with Crippen molar-refractivity contribution in [2.45, 2.75) is 0 Å². The largest absolute Gasteiger partial charge is 0.497 e. The minimum Gasteiger partial charge on any atom is -0.497 e. The third kappa shape index (κ3) is 3.87. The molecule has 1 fully saturated rings. The minimum atomic E-state index is -0.465. The van der Waals surface area contributed by atoms with Gasteiger partial charge in [0.25, 0.3) is 5.91 Å². The van der Waals surface area contributed by atoms with Crippen LogP contribution in [-0.2, 0) is 4.79 Å². The first-order valence-corrected chi connectivity index (χ1v) is 9.80. The molecule has 0 atom stereocenters. The lowest BCUT2D eigenvalue weighted by Crippen LogP contribution is -2.50. The fourth-order valence-corrected chi connectivity index (χ4v) is 4.14. The molecule has 6 nitrogen and oxygen atoms in total. The van der Waals surface area contributed by atoms with Gasteiger partial charge in [-0.15, -0.1) is 0 Å². The number of thiazole rings is 1.